The third kappa shape index (κ3) is 2.70. The SMILES string of the molecule is Fc1cccc(Cl)c1-c1cnc2ncnn2c1NC1CCC(Cl)C1. The molecular weight excluding hydrogens is 352 g/mol. The highest BCUT2D eigenvalue weighted by molar-refractivity contribution is 6.33. The van der Waals surface area contributed by atoms with Crippen molar-refractivity contribution in [3.63, 3.8) is 0 Å². The Morgan fingerprint density at radius 2 is 2.12 bits per heavy atom. The molecule has 2 atom stereocenters. The molecular formula is C16H14Cl2FN5. The quantitative estimate of drug-likeness (QED) is 0.708. The van der Waals surface area contributed by atoms with Crippen molar-refractivity contribution in [3.8, 4) is 11.1 Å². The van der Waals surface area contributed by atoms with Gasteiger partial charge < -0.3 is 5.32 Å². The summed E-state index contributed by atoms with van der Waals surface area (Å²) >= 11 is 12.4. The van der Waals surface area contributed by atoms with Crippen LogP contribution in [0.3, 0.4) is 0 Å². The molecule has 0 radical (unpaired) electrons. The number of nitrogens with zero attached hydrogens (tertiary/aromatic N) is 4. The van der Waals surface area contributed by atoms with Crippen LogP contribution in [0.2, 0.25) is 5.02 Å². The number of aromatic nitrogens is 4. The Hall–Kier alpha value is -1.92. The van der Waals surface area contributed by atoms with Crippen molar-refractivity contribution < 1.29 is 4.39 Å². The first kappa shape index (κ1) is 15.6. The molecule has 0 bridgehead atoms. The second-order valence-corrected chi connectivity index (χ2v) is 6.86. The lowest BCUT2D eigenvalue weighted by molar-refractivity contribution is 0.631. The van der Waals surface area contributed by atoms with E-state index in [1.54, 1.807) is 22.8 Å². The maximum Gasteiger partial charge on any atom is 0.254 e. The van der Waals surface area contributed by atoms with Crippen molar-refractivity contribution in [2.24, 2.45) is 0 Å². The highest BCUT2D eigenvalue weighted by atomic mass is 35.5. The zero-order chi connectivity index (χ0) is 16.7. The Kier molecular flexibility index (Phi) is 4.02. The standard InChI is InChI=1S/C16H14Cl2FN5/c17-9-4-5-10(6-9)23-15-11(7-20-16-21-8-22-24(15)16)14-12(18)2-1-3-13(14)19/h1-3,7-10,23H,4-6H2. The Morgan fingerprint density at radius 1 is 1.25 bits per heavy atom. The molecule has 1 N–H and O–H groups in total. The van der Waals surface area contributed by atoms with Gasteiger partial charge in [-0.2, -0.15) is 14.6 Å². The average molecular weight is 366 g/mol. The molecule has 3 aromatic rings. The van der Waals surface area contributed by atoms with E-state index in [2.05, 4.69) is 20.4 Å². The summed E-state index contributed by atoms with van der Waals surface area (Å²) in [4.78, 5) is 8.34. The summed E-state index contributed by atoms with van der Waals surface area (Å²) in [6, 6.07) is 4.79. The smallest absolute Gasteiger partial charge is 0.254 e. The van der Waals surface area contributed by atoms with Crippen LogP contribution < -0.4 is 5.32 Å². The minimum absolute atomic E-state index is 0.149. The van der Waals surface area contributed by atoms with Crippen LogP contribution in [0.15, 0.2) is 30.7 Å². The van der Waals surface area contributed by atoms with Crippen molar-refractivity contribution in [2.75, 3.05) is 5.32 Å². The molecule has 1 fully saturated rings. The molecule has 2 aromatic heterocycles. The second-order valence-electron chi connectivity index (χ2n) is 5.84. The van der Waals surface area contributed by atoms with Gasteiger partial charge in [0.15, 0.2) is 0 Å². The molecule has 2 heterocycles. The number of nitrogens with one attached hydrogen (secondary N) is 1. The van der Waals surface area contributed by atoms with E-state index in [0.717, 1.165) is 19.3 Å². The summed E-state index contributed by atoms with van der Waals surface area (Å²) in [5, 5.41) is 8.11. The van der Waals surface area contributed by atoms with E-state index >= 15 is 0 Å². The van der Waals surface area contributed by atoms with Crippen LogP contribution in [0.5, 0.6) is 0 Å². The van der Waals surface area contributed by atoms with Crippen LogP contribution in [0, 0.1) is 5.82 Å². The molecule has 1 saturated carbocycles. The topological polar surface area (TPSA) is 55.1 Å². The molecule has 1 aliphatic rings. The fraction of sp³-hybridized carbons (Fsp3) is 0.312. The number of hydrogen-bond acceptors (Lipinski definition) is 4. The molecule has 0 saturated heterocycles. The number of hydrogen-bond donors (Lipinski definition) is 1. The normalized spacial score (nSPS) is 20.6. The molecule has 5 nitrogen and oxygen atoms in total. The van der Waals surface area contributed by atoms with Gasteiger partial charge in [0, 0.05) is 28.7 Å². The van der Waals surface area contributed by atoms with Crippen LogP contribution in [0.25, 0.3) is 16.9 Å². The third-order valence-electron chi connectivity index (χ3n) is 4.25. The summed E-state index contributed by atoms with van der Waals surface area (Å²) in [5.41, 5.74) is 0.848. The van der Waals surface area contributed by atoms with E-state index in [1.165, 1.54) is 12.4 Å². The third-order valence-corrected chi connectivity index (χ3v) is 4.96. The predicted octanol–water partition coefficient (Wildman–Crippen LogP) is 4.16. The zero-order valence-electron chi connectivity index (χ0n) is 12.6. The van der Waals surface area contributed by atoms with E-state index in [4.69, 9.17) is 23.2 Å². The predicted molar refractivity (Wildman–Crippen MR) is 92.1 cm³/mol. The number of benzene rings is 1. The van der Waals surface area contributed by atoms with Crippen LogP contribution in [0.4, 0.5) is 10.2 Å². The van der Waals surface area contributed by atoms with E-state index in [9.17, 15) is 4.39 Å². The van der Waals surface area contributed by atoms with Gasteiger partial charge >= 0.3 is 0 Å². The highest BCUT2D eigenvalue weighted by Crippen LogP contribution is 2.36. The van der Waals surface area contributed by atoms with Crippen LogP contribution >= 0.6 is 23.2 Å². The molecule has 1 aliphatic carbocycles. The summed E-state index contributed by atoms with van der Waals surface area (Å²) in [6.45, 7) is 0. The molecule has 8 heteroatoms. The van der Waals surface area contributed by atoms with E-state index in [-0.39, 0.29) is 11.4 Å². The van der Waals surface area contributed by atoms with Gasteiger partial charge in [-0.1, -0.05) is 17.7 Å². The number of fused-ring (bicyclic) bond motifs is 1. The minimum Gasteiger partial charge on any atom is -0.367 e. The number of rotatable bonds is 3. The summed E-state index contributed by atoms with van der Waals surface area (Å²) in [7, 11) is 0. The molecule has 0 aliphatic heterocycles. The average Bonchev–Trinajstić information content (AvgIpc) is 3.17. The van der Waals surface area contributed by atoms with Crippen molar-refractivity contribution in [3.05, 3.63) is 41.6 Å². The first-order chi connectivity index (χ1) is 11.6. The summed E-state index contributed by atoms with van der Waals surface area (Å²) in [6.07, 6.45) is 5.71. The Bertz CT molecular complexity index is 877. The van der Waals surface area contributed by atoms with Gasteiger partial charge in [0.05, 0.1) is 5.02 Å². The Morgan fingerprint density at radius 3 is 2.88 bits per heavy atom. The zero-order valence-corrected chi connectivity index (χ0v) is 14.1. The maximum atomic E-state index is 14.4. The molecule has 4 rings (SSSR count). The molecule has 124 valence electrons. The van der Waals surface area contributed by atoms with Crippen molar-refractivity contribution in [1.29, 1.82) is 0 Å². The molecule has 1 aromatic carbocycles. The van der Waals surface area contributed by atoms with Gasteiger partial charge in [0.2, 0.25) is 0 Å². The second kappa shape index (κ2) is 6.18. The largest absolute Gasteiger partial charge is 0.367 e. The van der Waals surface area contributed by atoms with E-state index < -0.39 is 5.82 Å². The summed E-state index contributed by atoms with van der Waals surface area (Å²) in [5.74, 6) is 0.655. The van der Waals surface area contributed by atoms with Crippen molar-refractivity contribution in [2.45, 2.75) is 30.7 Å². The minimum atomic E-state index is -0.409. The lowest BCUT2D eigenvalue weighted by Gasteiger charge is -2.18. The van der Waals surface area contributed by atoms with Crippen LogP contribution in [-0.4, -0.2) is 31.0 Å². The van der Waals surface area contributed by atoms with Gasteiger partial charge in [-0.3, -0.25) is 0 Å². The molecule has 24 heavy (non-hydrogen) atoms. The number of halogens is 3. The summed E-state index contributed by atoms with van der Waals surface area (Å²) < 4.78 is 16.0. The first-order valence-corrected chi connectivity index (χ1v) is 8.48. The fourth-order valence-corrected chi connectivity index (χ4v) is 3.71. The molecule has 2 unspecified atom stereocenters. The lowest BCUT2D eigenvalue weighted by atomic mass is 10.1. The lowest BCUT2D eigenvalue weighted by Crippen LogP contribution is -2.19. The van der Waals surface area contributed by atoms with E-state index in [0.29, 0.717) is 27.7 Å². The monoisotopic (exact) mass is 365 g/mol. The van der Waals surface area contributed by atoms with E-state index in [1.807, 2.05) is 0 Å². The van der Waals surface area contributed by atoms with Crippen molar-refractivity contribution >= 4 is 34.8 Å². The van der Waals surface area contributed by atoms with Crippen LogP contribution in [0.1, 0.15) is 19.3 Å². The maximum absolute atomic E-state index is 14.4. The van der Waals surface area contributed by atoms with Gasteiger partial charge in [0.1, 0.15) is 18.0 Å². The number of anilines is 1. The number of alkyl halides is 1. The molecule has 0 spiro atoms. The van der Waals surface area contributed by atoms with Gasteiger partial charge in [0.25, 0.3) is 5.78 Å². The van der Waals surface area contributed by atoms with Gasteiger partial charge in [-0.25, -0.2) is 9.37 Å². The first-order valence-electron chi connectivity index (χ1n) is 7.67. The van der Waals surface area contributed by atoms with Crippen molar-refractivity contribution in [1.82, 2.24) is 19.6 Å². The highest BCUT2D eigenvalue weighted by Gasteiger charge is 2.26. The van der Waals surface area contributed by atoms with Gasteiger partial charge in [-0.15, -0.1) is 11.6 Å². The Labute approximate surface area is 147 Å². The van der Waals surface area contributed by atoms with Gasteiger partial charge in [-0.05, 0) is 31.4 Å². The Balaban J connectivity index is 1.87. The fourth-order valence-electron chi connectivity index (χ4n) is 3.11. The molecule has 0 amide bonds. The van der Waals surface area contributed by atoms with Crippen LogP contribution in [-0.2, 0) is 0 Å².